The molecular formula is C13H13BrF4N2O2. The zero-order valence-corrected chi connectivity index (χ0v) is 13.0. The number of ether oxygens (including phenoxy) is 2. The Kier molecular flexibility index (Phi) is 4.67. The second-order valence-electron chi connectivity index (χ2n) is 4.95. The monoisotopic (exact) mass is 384 g/mol. The Morgan fingerprint density at radius 1 is 1.50 bits per heavy atom. The number of amidine groups is 1. The van der Waals surface area contributed by atoms with Crippen LogP contribution in [0.1, 0.15) is 12.5 Å². The maximum atomic E-state index is 14.1. The molecule has 4 nitrogen and oxygen atoms in total. The van der Waals surface area contributed by atoms with Crippen molar-refractivity contribution >= 4 is 22.0 Å². The predicted octanol–water partition coefficient (Wildman–Crippen LogP) is 3.10. The van der Waals surface area contributed by atoms with Crippen molar-refractivity contribution < 1.29 is 27.0 Å². The van der Waals surface area contributed by atoms with Gasteiger partial charge in [-0.25, -0.2) is 9.38 Å². The second-order valence-corrected chi connectivity index (χ2v) is 5.86. The predicted molar refractivity (Wildman–Crippen MR) is 74.8 cm³/mol. The third kappa shape index (κ3) is 3.70. The highest BCUT2D eigenvalue weighted by molar-refractivity contribution is 9.10. The molecule has 0 radical (unpaired) electrons. The lowest BCUT2D eigenvalue weighted by Crippen LogP contribution is -2.48. The number of aliphatic imine (C=N–C) groups is 1. The molecule has 0 amide bonds. The molecule has 2 N–H and O–H groups in total. The van der Waals surface area contributed by atoms with Gasteiger partial charge in [-0.1, -0.05) is 15.9 Å². The van der Waals surface area contributed by atoms with Crippen LogP contribution in [0.5, 0.6) is 0 Å². The highest BCUT2D eigenvalue weighted by Gasteiger charge is 2.44. The summed E-state index contributed by atoms with van der Waals surface area (Å²) in [4.78, 5) is 3.99. The van der Waals surface area contributed by atoms with Gasteiger partial charge in [0, 0.05) is 10.0 Å². The molecule has 2 rings (SSSR count). The van der Waals surface area contributed by atoms with Gasteiger partial charge in [-0.3, -0.25) is 0 Å². The van der Waals surface area contributed by atoms with Crippen molar-refractivity contribution in [2.24, 2.45) is 10.7 Å². The van der Waals surface area contributed by atoms with Gasteiger partial charge in [0.15, 0.2) is 0 Å². The van der Waals surface area contributed by atoms with E-state index < -0.39 is 30.2 Å². The lowest BCUT2D eigenvalue weighted by molar-refractivity contribution is -0.197. The van der Waals surface area contributed by atoms with Crippen LogP contribution in [0.4, 0.5) is 17.6 Å². The maximum Gasteiger partial charge on any atom is 0.411 e. The van der Waals surface area contributed by atoms with E-state index >= 15 is 0 Å². The molecule has 0 spiro atoms. The zero-order chi connectivity index (χ0) is 16.5. The Balaban J connectivity index is 2.40. The highest BCUT2D eigenvalue weighted by atomic mass is 79.9. The fraction of sp³-hybridized carbons (Fsp3) is 0.462. The minimum absolute atomic E-state index is 0.0697. The van der Waals surface area contributed by atoms with E-state index in [1.54, 1.807) is 0 Å². The fourth-order valence-corrected chi connectivity index (χ4v) is 2.54. The van der Waals surface area contributed by atoms with E-state index in [2.05, 4.69) is 20.9 Å². The number of rotatable bonds is 3. The average Bonchev–Trinajstić information content (AvgIpc) is 2.39. The molecule has 1 aliphatic heterocycles. The van der Waals surface area contributed by atoms with Gasteiger partial charge < -0.3 is 15.2 Å². The van der Waals surface area contributed by atoms with Gasteiger partial charge >= 0.3 is 6.18 Å². The molecule has 9 heteroatoms. The van der Waals surface area contributed by atoms with Gasteiger partial charge in [-0.2, -0.15) is 13.2 Å². The van der Waals surface area contributed by atoms with E-state index in [0.717, 1.165) is 0 Å². The number of hydrogen-bond acceptors (Lipinski definition) is 4. The van der Waals surface area contributed by atoms with Gasteiger partial charge in [0.2, 0.25) is 0 Å². The van der Waals surface area contributed by atoms with Crippen LogP contribution in [-0.2, 0) is 15.0 Å². The third-order valence-corrected chi connectivity index (χ3v) is 3.77. The number of benzene rings is 1. The molecule has 122 valence electrons. The van der Waals surface area contributed by atoms with Crippen LogP contribution in [0.2, 0.25) is 0 Å². The van der Waals surface area contributed by atoms with Crippen LogP contribution in [-0.4, -0.2) is 31.5 Å². The molecule has 0 aliphatic carbocycles. The van der Waals surface area contributed by atoms with Crippen LogP contribution >= 0.6 is 15.9 Å². The van der Waals surface area contributed by atoms with Crippen molar-refractivity contribution in [3.63, 3.8) is 0 Å². The number of halogens is 5. The summed E-state index contributed by atoms with van der Waals surface area (Å²) in [5, 5.41) is 0. The van der Waals surface area contributed by atoms with Gasteiger partial charge in [0.25, 0.3) is 6.02 Å². The van der Waals surface area contributed by atoms with Crippen molar-refractivity contribution in [2.75, 3.05) is 13.2 Å². The van der Waals surface area contributed by atoms with Crippen molar-refractivity contribution in [2.45, 2.75) is 24.7 Å². The summed E-state index contributed by atoms with van der Waals surface area (Å²) in [7, 11) is 0. The normalized spacial score (nSPS) is 25.5. The van der Waals surface area contributed by atoms with Crippen LogP contribution in [0.15, 0.2) is 27.7 Å². The fourth-order valence-electron chi connectivity index (χ4n) is 2.18. The molecule has 1 aromatic carbocycles. The van der Waals surface area contributed by atoms with Crippen molar-refractivity contribution in [3.05, 3.63) is 34.1 Å². The number of nitrogens with zero attached hydrogens (tertiary/aromatic N) is 1. The first-order chi connectivity index (χ1) is 10.1. The largest absolute Gasteiger partial charge is 0.463 e. The Bertz CT molecular complexity index is 594. The lowest BCUT2D eigenvalue weighted by atomic mass is 9.86. The third-order valence-electron chi connectivity index (χ3n) is 3.27. The van der Waals surface area contributed by atoms with Crippen LogP contribution in [0, 0.1) is 5.82 Å². The van der Waals surface area contributed by atoms with E-state index in [-0.39, 0.29) is 18.2 Å². The number of nitrogens with two attached hydrogens (primary N) is 1. The molecule has 1 aliphatic rings. The summed E-state index contributed by atoms with van der Waals surface area (Å²) in [6.07, 6.45) is -5.64. The number of hydrogen-bond donors (Lipinski definition) is 1. The quantitative estimate of drug-likeness (QED) is 0.814. The standard InChI is InChI=1S/C13H13BrF4N2O2/c1-12(8-4-7(14)2-3-9(8)15)10(5-21-11(19)20-12)22-6-13(16,17)18/h2-4,10H,5-6H2,1H3,(H2,19,20)/t10-,12+/m0/s1. The van der Waals surface area contributed by atoms with E-state index in [0.29, 0.717) is 4.47 Å². The van der Waals surface area contributed by atoms with Crippen molar-refractivity contribution in [3.8, 4) is 0 Å². The van der Waals surface area contributed by atoms with E-state index in [1.807, 2.05) is 0 Å². The molecule has 0 aromatic heterocycles. The van der Waals surface area contributed by atoms with E-state index in [9.17, 15) is 17.6 Å². The topological polar surface area (TPSA) is 56.8 Å². The zero-order valence-electron chi connectivity index (χ0n) is 11.5. The molecule has 1 heterocycles. The molecule has 0 fully saturated rings. The summed E-state index contributed by atoms with van der Waals surface area (Å²) < 4.78 is 61.6. The summed E-state index contributed by atoms with van der Waals surface area (Å²) in [6, 6.07) is 3.86. The Hall–Kier alpha value is -1.35. The minimum Gasteiger partial charge on any atom is -0.463 e. The average molecular weight is 385 g/mol. The smallest absolute Gasteiger partial charge is 0.411 e. The molecule has 0 bridgehead atoms. The molecule has 22 heavy (non-hydrogen) atoms. The molecule has 0 saturated heterocycles. The Morgan fingerprint density at radius 2 is 2.18 bits per heavy atom. The summed E-state index contributed by atoms with van der Waals surface area (Å²) >= 11 is 3.19. The van der Waals surface area contributed by atoms with Crippen LogP contribution in [0.25, 0.3) is 0 Å². The molecule has 2 atom stereocenters. The van der Waals surface area contributed by atoms with Gasteiger partial charge in [-0.05, 0) is 25.1 Å². The van der Waals surface area contributed by atoms with Crippen molar-refractivity contribution in [1.29, 1.82) is 0 Å². The van der Waals surface area contributed by atoms with Crippen LogP contribution < -0.4 is 5.73 Å². The lowest BCUT2D eigenvalue weighted by Gasteiger charge is -2.37. The molecular weight excluding hydrogens is 372 g/mol. The Morgan fingerprint density at radius 3 is 2.82 bits per heavy atom. The minimum atomic E-state index is -4.51. The van der Waals surface area contributed by atoms with Crippen LogP contribution in [0.3, 0.4) is 0 Å². The van der Waals surface area contributed by atoms with Crippen molar-refractivity contribution in [1.82, 2.24) is 0 Å². The summed E-state index contributed by atoms with van der Waals surface area (Å²) in [6.45, 7) is -0.288. The molecule has 1 aromatic rings. The summed E-state index contributed by atoms with van der Waals surface area (Å²) in [5.41, 5.74) is 4.14. The van der Waals surface area contributed by atoms with Gasteiger partial charge in [0.1, 0.15) is 30.7 Å². The molecule has 0 unspecified atom stereocenters. The second kappa shape index (κ2) is 6.04. The first kappa shape index (κ1) is 17.0. The Labute approximate surface area is 132 Å². The number of alkyl halides is 3. The van der Waals surface area contributed by atoms with Gasteiger partial charge in [0.05, 0.1) is 0 Å². The first-order valence-corrected chi connectivity index (χ1v) is 7.03. The van der Waals surface area contributed by atoms with E-state index in [1.165, 1.54) is 25.1 Å². The summed E-state index contributed by atoms with van der Waals surface area (Å²) in [5.74, 6) is -0.621. The molecule has 0 saturated carbocycles. The first-order valence-electron chi connectivity index (χ1n) is 6.24. The maximum absolute atomic E-state index is 14.1. The SMILES string of the molecule is C[C@]1(c2cc(Br)ccc2F)N=C(N)OC[C@@H]1OCC(F)(F)F. The highest BCUT2D eigenvalue weighted by Crippen LogP contribution is 2.37. The van der Waals surface area contributed by atoms with E-state index in [4.69, 9.17) is 15.2 Å². The van der Waals surface area contributed by atoms with Gasteiger partial charge in [-0.15, -0.1) is 0 Å².